The van der Waals surface area contributed by atoms with Crippen molar-refractivity contribution in [1.82, 2.24) is 10.2 Å². The number of rotatable bonds is 10. The molecule has 2 aromatic rings. The summed E-state index contributed by atoms with van der Waals surface area (Å²) in [5.74, 6) is 1.68. The molecule has 2 aromatic carbocycles. The molecule has 0 bridgehead atoms. The number of carbonyl (C=O) groups is 1. The first-order chi connectivity index (χ1) is 14.9. The molecular formula is C23H31N3O4. The highest BCUT2D eigenvalue weighted by atomic mass is 16.5. The molecule has 3 unspecified atom stereocenters. The van der Waals surface area contributed by atoms with E-state index in [1.54, 1.807) is 27.4 Å². The molecule has 0 saturated carbocycles. The van der Waals surface area contributed by atoms with Gasteiger partial charge in [-0.3, -0.25) is 9.69 Å². The van der Waals surface area contributed by atoms with Crippen molar-refractivity contribution in [3.63, 3.8) is 0 Å². The molecule has 3 N–H and O–H groups in total. The average molecular weight is 415 g/mol. The zero-order valence-corrected chi connectivity index (χ0v) is 17.8. The summed E-state index contributed by atoms with van der Waals surface area (Å²) in [5, 5.41) is 3.51. The zero-order chi connectivity index (χ0) is 22.4. The number of carbonyl (C=O) groups excluding carboxylic acids is 1. The van der Waals surface area contributed by atoms with Crippen LogP contribution in [0, 0.1) is 0 Å². The Morgan fingerprint density at radius 2 is 1.80 bits per heavy atom. The summed E-state index contributed by atoms with van der Waals surface area (Å²) in [6.07, 6.45) is 0.0893. The minimum atomic E-state index is -0.540. The van der Waals surface area contributed by atoms with Crippen LogP contribution >= 0.6 is 0 Å². The average Bonchev–Trinajstić information content (AvgIpc) is 3.20. The number of nitrogens with two attached hydrogens (primary N) is 1. The van der Waals surface area contributed by atoms with Crippen molar-refractivity contribution in [2.45, 2.75) is 31.4 Å². The Labute approximate surface area is 179 Å². The molecule has 3 rings (SSSR count). The van der Waals surface area contributed by atoms with Crippen LogP contribution in [0.1, 0.15) is 18.9 Å². The van der Waals surface area contributed by atoms with E-state index in [0.717, 1.165) is 16.9 Å². The third-order valence-electron chi connectivity index (χ3n) is 5.45. The Balaban J connectivity index is 1.62. The van der Waals surface area contributed by atoms with Crippen molar-refractivity contribution in [3.8, 4) is 17.2 Å². The van der Waals surface area contributed by atoms with Gasteiger partial charge in [0.05, 0.1) is 27.4 Å². The molecule has 3 atom stereocenters. The van der Waals surface area contributed by atoms with Gasteiger partial charge in [0, 0.05) is 27.0 Å². The first kappa shape index (κ1) is 20.5. The van der Waals surface area contributed by atoms with E-state index in [1.165, 1.54) is 0 Å². The van der Waals surface area contributed by atoms with Crippen molar-refractivity contribution in [1.29, 1.82) is 0 Å². The highest BCUT2D eigenvalue weighted by molar-refractivity contribution is 5.80. The molecule has 1 amide bonds. The van der Waals surface area contributed by atoms with E-state index in [1.807, 2.05) is 41.3 Å². The van der Waals surface area contributed by atoms with Crippen LogP contribution in [0.2, 0.25) is 0 Å². The van der Waals surface area contributed by atoms with E-state index < -0.39 is 6.40 Å². The van der Waals surface area contributed by atoms with Gasteiger partial charge in [-0.25, -0.2) is 0 Å². The smallest absolute Gasteiger partial charge is 0.234 e. The van der Waals surface area contributed by atoms with Crippen LogP contribution < -0.4 is 25.3 Å². The number of hydrogen-bond acceptors (Lipinski definition) is 6. The molecule has 0 aromatic heterocycles. The number of likely N-dealkylation sites (tertiary alicyclic amines) is 1. The Kier molecular flexibility index (Phi) is 7.05. The summed E-state index contributed by atoms with van der Waals surface area (Å²) in [6.45, 7) is 1.75. The van der Waals surface area contributed by atoms with Gasteiger partial charge in [0.25, 0.3) is 0 Å². The van der Waals surface area contributed by atoms with Crippen molar-refractivity contribution in [2.75, 3.05) is 34.4 Å². The molecule has 1 saturated heterocycles. The highest BCUT2D eigenvalue weighted by Crippen LogP contribution is 2.28. The van der Waals surface area contributed by atoms with Gasteiger partial charge in [-0.2, -0.15) is 0 Å². The molecular weight excluding hydrogens is 382 g/mol. The minimum absolute atomic E-state index is 0.122. The number of ether oxygens (including phenoxy) is 3. The Morgan fingerprint density at radius 1 is 1.10 bits per heavy atom. The maximum absolute atomic E-state index is 12.0. The fourth-order valence-electron chi connectivity index (χ4n) is 3.76. The van der Waals surface area contributed by atoms with Crippen LogP contribution in [-0.2, 0) is 17.7 Å². The number of nitrogens with zero attached hydrogens (tertiary/aromatic N) is 1. The molecule has 7 nitrogen and oxygen atoms in total. The SMILES string of the molecule is [2H]C(CN1CC(NCc2ccc(OC)cc2)CC1C(N)=O)c1ccc(OC)c(OC)c1. The van der Waals surface area contributed by atoms with E-state index in [-0.39, 0.29) is 18.0 Å². The summed E-state index contributed by atoms with van der Waals surface area (Å²) >= 11 is 0. The lowest BCUT2D eigenvalue weighted by Gasteiger charge is -2.22. The van der Waals surface area contributed by atoms with Gasteiger partial charge >= 0.3 is 0 Å². The monoisotopic (exact) mass is 414 g/mol. The van der Waals surface area contributed by atoms with Crippen LogP contribution in [-0.4, -0.2) is 57.3 Å². The molecule has 0 radical (unpaired) electrons. The molecule has 1 fully saturated rings. The van der Waals surface area contributed by atoms with Gasteiger partial charge in [0.15, 0.2) is 11.5 Å². The Morgan fingerprint density at radius 3 is 2.43 bits per heavy atom. The second-order valence-electron chi connectivity index (χ2n) is 7.35. The predicted molar refractivity (Wildman–Crippen MR) is 116 cm³/mol. The van der Waals surface area contributed by atoms with Crippen molar-refractivity contribution in [2.24, 2.45) is 5.73 Å². The summed E-state index contributed by atoms with van der Waals surface area (Å²) in [7, 11) is 4.80. The molecule has 1 heterocycles. The maximum atomic E-state index is 12.0. The number of methoxy groups -OCH3 is 3. The molecule has 7 heteroatoms. The number of amides is 1. The summed E-state index contributed by atoms with van der Waals surface area (Å²) in [4.78, 5) is 14.0. The lowest BCUT2D eigenvalue weighted by atomic mass is 10.1. The van der Waals surface area contributed by atoms with Crippen molar-refractivity contribution < 1.29 is 20.4 Å². The van der Waals surface area contributed by atoms with Gasteiger partial charge in [-0.15, -0.1) is 0 Å². The van der Waals surface area contributed by atoms with Crippen molar-refractivity contribution in [3.05, 3.63) is 53.6 Å². The Hall–Kier alpha value is -2.77. The van der Waals surface area contributed by atoms with E-state index in [2.05, 4.69) is 5.32 Å². The van der Waals surface area contributed by atoms with E-state index in [0.29, 0.717) is 37.6 Å². The quantitative estimate of drug-likeness (QED) is 0.618. The van der Waals surface area contributed by atoms with Gasteiger partial charge in [0.2, 0.25) is 5.91 Å². The number of hydrogen-bond donors (Lipinski definition) is 2. The zero-order valence-electron chi connectivity index (χ0n) is 18.8. The van der Waals surface area contributed by atoms with E-state index in [9.17, 15) is 4.79 Å². The summed E-state index contributed by atoms with van der Waals surface area (Å²) in [5.41, 5.74) is 7.61. The lowest BCUT2D eigenvalue weighted by Crippen LogP contribution is -2.41. The Bertz CT molecular complexity index is 878. The third-order valence-corrected chi connectivity index (χ3v) is 5.45. The van der Waals surface area contributed by atoms with Crippen LogP contribution in [0.5, 0.6) is 17.2 Å². The molecule has 0 aliphatic carbocycles. The van der Waals surface area contributed by atoms with Crippen LogP contribution in [0.3, 0.4) is 0 Å². The normalized spacial score (nSPS) is 20.4. The third kappa shape index (κ3) is 5.43. The highest BCUT2D eigenvalue weighted by Gasteiger charge is 2.35. The molecule has 0 spiro atoms. The van der Waals surface area contributed by atoms with Crippen LogP contribution in [0.25, 0.3) is 0 Å². The lowest BCUT2D eigenvalue weighted by molar-refractivity contribution is -0.122. The van der Waals surface area contributed by atoms with Gasteiger partial charge in [0.1, 0.15) is 5.75 Å². The molecule has 1 aliphatic heterocycles. The van der Waals surface area contributed by atoms with Gasteiger partial charge in [-0.05, 0) is 48.2 Å². The number of primary amides is 1. The first-order valence-electron chi connectivity index (χ1n) is 10.6. The number of benzene rings is 2. The first-order valence-corrected chi connectivity index (χ1v) is 9.99. The molecule has 162 valence electrons. The summed E-state index contributed by atoms with van der Waals surface area (Å²) < 4.78 is 24.4. The topological polar surface area (TPSA) is 86.1 Å². The molecule has 1 aliphatic rings. The maximum Gasteiger partial charge on any atom is 0.234 e. The number of nitrogens with one attached hydrogen (secondary N) is 1. The fourth-order valence-corrected chi connectivity index (χ4v) is 3.76. The fraction of sp³-hybridized carbons (Fsp3) is 0.435. The second kappa shape index (κ2) is 10.3. The summed E-state index contributed by atoms with van der Waals surface area (Å²) in [6, 6.07) is 13.1. The predicted octanol–water partition coefficient (Wildman–Crippen LogP) is 1.97. The largest absolute Gasteiger partial charge is 0.497 e. The van der Waals surface area contributed by atoms with E-state index in [4.69, 9.17) is 21.3 Å². The van der Waals surface area contributed by atoms with Crippen LogP contribution in [0.4, 0.5) is 0 Å². The van der Waals surface area contributed by atoms with Crippen molar-refractivity contribution >= 4 is 5.91 Å². The van der Waals surface area contributed by atoms with Gasteiger partial charge in [-0.1, -0.05) is 18.2 Å². The second-order valence-corrected chi connectivity index (χ2v) is 7.35. The van der Waals surface area contributed by atoms with Crippen LogP contribution in [0.15, 0.2) is 42.5 Å². The minimum Gasteiger partial charge on any atom is -0.497 e. The molecule has 30 heavy (non-hydrogen) atoms. The van der Waals surface area contributed by atoms with E-state index >= 15 is 0 Å². The standard InChI is InChI=1S/C23H31N3O4/c1-28-19-7-4-17(5-8-19)14-25-18-13-20(23(24)27)26(15-18)11-10-16-6-9-21(29-2)22(12-16)30-3/h4-9,12,18,20,25H,10-11,13-15H2,1-3H3,(H2,24,27)/i10D. The van der Waals surface area contributed by atoms with Gasteiger partial charge < -0.3 is 25.3 Å².